The van der Waals surface area contributed by atoms with Crippen LogP contribution in [-0.4, -0.2) is 29.5 Å². The predicted molar refractivity (Wildman–Crippen MR) is 104 cm³/mol. The monoisotopic (exact) mass is 383 g/mol. The topological polar surface area (TPSA) is 73.3 Å². The molecule has 3 aromatic rings. The molecule has 0 atom stereocenters. The van der Waals surface area contributed by atoms with E-state index < -0.39 is 0 Å². The van der Waals surface area contributed by atoms with E-state index in [1.54, 1.807) is 19.5 Å². The van der Waals surface area contributed by atoms with Crippen LogP contribution in [0.3, 0.4) is 0 Å². The van der Waals surface area contributed by atoms with Crippen LogP contribution in [0.2, 0.25) is 0 Å². The van der Waals surface area contributed by atoms with Crippen LogP contribution < -0.4 is 14.8 Å². The van der Waals surface area contributed by atoms with E-state index in [2.05, 4.69) is 15.3 Å². The normalized spacial score (nSPS) is 10.4. The number of carbonyl (C=O) groups excluding carboxylic acids is 1. The summed E-state index contributed by atoms with van der Waals surface area (Å²) in [4.78, 5) is 20.6. The molecule has 140 valence electrons. The third kappa shape index (κ3) is 5.79. The molecule has 0 saturated carbocycles. The Morgan fingerprint density at radius 3 is 2.93 bits per heavy atom. The maximum atomic E-state index is 12.1. The van der Waals surface area contributed by atoms with Crippen LogP contribution in [0.5, 0.6) is 11.5 Å². The summed E-state index contributed by atoms with van der Waals surface area (Å²) in [7, 11) is 1.65. The van der Waals surface area contributed by atoms with Gasteiger partial charge in [0.2, 0.25) is 5.91 Å². The third-order valence-corrected chi connectivity index (χ3v) is 4.72. The Hall–Kier alpha value is -2.93. The predicted octanol–water partition coefficient (Wildman–Crippen LogP) is 3.03. The van der Waals surface area contributed by atoms with Gasteiger partial charge in [-0.2, -0.15) is 0 Å². The quantitative estimate of drug-likeness (QED) is 0.615. The van der Waals surface area contributed by atoms with Crippen LogP contribution in [-0.2, 0) is 24.2 Å². The Kier molecular flexibility index (Phi) is 6.76. The minimum Gasteiger partial charge on any atom is -0.496 e. The van der Waals surface area contributed by atoms with Gasteiger partial charge < -0.3 is 14.8 Å². The van der Waals surface area contributed by atoms with Crippen LogP contribution in [0, 0.1) is 0 Å². The number of carbonyl (C=O) groups is 1. The second-order valence-electron chi connectivity index (χ2n) is 5.80. The second kappa shape index (κ2) is 9.68. The van der Waals surface area contributed by atoms with Crippen molar-refractivity contribution < 1.29 is 14.3 Å². The highest BCUT2D eigenvalue weighted by molar-refractivity contribution is 7.09. The van der Waals surface area contributed by atoms with Crippen molar-refractivity contribution in [2.45, 2.75) is 19.4 Å². The third-order valence-electron chi connectivity index (χ3n) is 3.85. The van der Waals surface area contributed by atoms with Crippen LogP contribution in [0.25, 0.3) is 0 Å². The second-order valence-corrected chi connectivity index (χ2v) is 6.74. The SMILES string of the molecule is COc1ccccc1CCNC(=O)Cc1csc(COc2cccnc2)n1. The number of thiazole rings is 1. The minimum absolute atomic E-state index is 0.0464. The molecular formula is C20H21N3O3S. The molecule has 27 heavy (non-hydrogen) atoms. The number of para-hydroxylation sites is 1. The summed E-state index contributed by atoms with van der Waals surface area (Å²) in [6.45, 7) is 0.923. The highest BCUT2D eigenvalue weighted by Gasteiger charge is 2.09. The first-order valence-corrected chi connectivity index (χ1v) is 9.47. The summed E-state index contributed by atoms with van der Waals surface area (Å²) >= 11 is 1.48. The highest BCUT2D eigenvalue weighted by Crippen LogP contribution is 2.17. The average Bonchev–Trinajstić information content (AvgIpc) is 3.15. The molecule has 2 heterocycles. The molecule has 0 spiro atoms. The summed E-state index contributed by atoms with van der Waals surface area (Å²) in [5.74, 6) is 1.49. The zero-order valence-corrected chi connectivity index (χ0v) is 15.9. The number of nitrogens with zero attached hydrogens (tertiary/aromatic N) is 2. The minimum atomic E-state index is -0.0464. The molecule has 0 aliphatic carbocycles. The first-order valence-electron chi connectivity index (χ1n) is 8.59. The van der Waals surface area contributed by atoms with E-state index >= 15 is 0 Å². The van der Waals surface area contributed by atoms with Crippen LogP contribution in [0.1, 0.15) is 16.3 Å². The molecule has 2 aromatic heterocycles. The van der Waals surface area contributed by atoms with E-state index in [1.165, 1.54) is 11.3 Å². The fraction of sp³-hybridized carbons (Fsp3) is 0.250. The number of pyridine rings is 1. The molecule has 1 N–H and O–H groups in total. The number of methoxy groups -OCH3 is 1. The van der Waals surface area contributed by atoms with Gasteiger partial charge in [-0.15, -0.1) is 11.3 Å². The molecular weight excluding hydrogens is 362 g/mol. The number of nitrogens with one attached hydrogen (secondary N) is 1. The summed E-state index contributed by atoms with van der Waals surface area (Å²) < 4.78 is 10.9. The Labute approximate surface area is 162 Å². The van der Waals surface area contributed by atoms with Gasteiger partial charge in [0, 0.05) is 18.1 Å². The Morgan fingerprint density at radius 1 is 1.22 bits per heavy atom. The maximum absolute atomic E-state index is 12.1. The van der Waals surface area contributed by atoms with Gasteiger partial charge in [0.15, 0.2) is 0 Å². The summed E-state index contributed by atoms with van der Waals surface area (Å²) in [6, 6.07) is 11.5. The van der Waals surface area contributed by atoms with Crippen molar-refractivity contribution in [3.8, 4) is 11.5 Å². The summed E-state index contributed by atoms with van der Waals surface area (Å²) in [5, 5.41) is 5.65. The molecule has 0 aliphatic rings. The number of hydrogen-bond acceptors (Lipinski definition) is 6. The van der Waals surface area contributed by atoms with Crippen molar-refractivity contribution in [1.29, 1.82) is 0 Å². The van der Waals surface area contributed by atoms with E-state index in [0.717, 1.165) is 28.4 Å². The Balaban J connectivity index is 1.42. The number of amides is 1. The van der Waals surface area contributed by atoms with E-state index in [4.69, 9.17) is 9.47 Å². The number of benzene rings is 1. The highest BCUT2D eigenvalue weighted by atomic mass is 32.1. The van der Waals surface area contributed by atoms with E-state index in [0.29, 0.717) is 18.9 Å². The molecule has 0 saturated heterocycles. The Bertz CT molecular complexity index is 868. The van der Waals surface area contributed by atoms with Crippen LogP contribution in [0.15, 0.2) is 54.2 Å². The molecule has 0 fully saturated rings. The number of ether oxygens (including phenoxy) is 2. The zero-order chi connectivity index (χ0) is 18.9. The zero-order valence-electron chi connectivity index (χ0n) is 15.1. The van der Waals surface area contributed by atoms with E-state index in [1.807, 2.05) is 41.8 Å². The van der Waals surface area contributed by atoms with Crippen molar-refractivity contribution >= 4 is 17.2 Å². The van der Waals surface area contributed by atoms with Crippen molar-refractivity contribution in [2.24, 2.45) is 0 Å². The first kappa shape index (κ1) is 18.8. The van der Waals surface area contributed by atoms with Gasteiger partial charge in [0.25, 0.3) is 0 Å². The van der Waals surface area contributed by atoms with E-state index in [-0.39, 0.29) is 12.3 Å². The Morgan fingerprint density at radius 2 is 2.11 bits per heavy atom. The van der Waals surface area contributed by atoms with Gasteiger partial charge in [0.1, 0.15) is 23.1 Å². The average molecular weight is 383 g/mol. The van der Waals surface area contributed by atoms with Gasteiger partial charge in [-0.1, -0.05) is 18.2 Å². The number of hydrogen-bond donors (Lipinski definition) is 1. The van der Waals surface area contributed by atoms with Crippen molar-refractivity contribution in [3.63, 3.8) is 0 Å². The van der Waals surface area contributed by atoms with Crippen molar-refractivity contribution in [1.82, 2.24) is 15.3 Å². The maximum Gasteiger partial charge on any atom is 0.226 e. The van der Waals surface area contributed by atoms with Gasteiger partial charge in [-0.3, -0.25) is 9.78 Å². The first-order chi connectivity index (χ1) is 13.2. The molecule has 0 unspecified atom stereocenters. The fourth-order valence-corrected chi connectivity index (χ4v) is 3.25. The number of rotatable bonds is 9. The van der Waals surface area contributed by atoms with Gasteiger partial charge in [-0.25, -0.2) is 4.98 Å². The lowest BCUT2D eigenvalue weighted by Crippen LogP contribution is -2.27. The molecule has 0 radical (unpaired) electrons. The molecule has 6 nitrogen and oxygen atoms in total. The smallest absolute Gasteiger partial charge is 0.226 e. The van der Waals surface area contributed by atoms with E-state index in [9.17, 15) is 4.79 Å². The summed E-state index contributed by atoms with van der Waals surface area (Å²) in [6.07, 6.45) is 4.33. The molecule has 1 aromatic carbocycles. The fourth-order valence-electron chi connectivity index (χ4n) is 2.55. The number of aromatic nitrogens is 2. The van der Waals surface area contributed by atoms with Crippen molar-refractivity contribution in [3.05, 3.63) is 70.4 Å². The lowest BCUT2D eigenvalue weighted by Gasteiger charge is -2.08. The lowest BCUT2D eigenvalue weighted by molar-refractivity contribution is -0.120. The van der Waals surface area contributed by atoms with Gasteiger partial charge >= 0.3 is 0 Å². The largest absolute Gasteiger partial charge is 0.496 e. The molecule has 1 amide bonds. The molecule has 0 aliphatic heterocycles. The van der Waals surface area contributed by atoms with Crippen LogP contribution >= 0.6 is 11.3 Å². The molecule has 3 rings (SSSR count). The standard InChI is InChI=1S/C20H21N3O3S/c1-25-18-7-3-2-5-15(18)8-10-22-19(24)11-16-14-27-20(23-16)13-26-17-6-4-9-21-12-17/h2-7,9,12,14H,8,10-11,13H2,1H3,(H,22,24). The van der Waals surface area contributed by atoms with Crippen molar-refractivity contribution in [2.75, 3.05) is 13.7 Å². The van der Waals surface area contributed by atoms with Gasteiger partial charge in [-0.05, 0) is 30.2 Å². The molecule has 0 bridgehead atoms. The lowest BCUT2D eigenvalue weighted by atomic mass is 10.1. The molecule has 7 heteroatoms. The van der Waals surface area contributed by atoms with Crippen LogP contribution in [0.4, 0.5) is 0 Å². The van der Waals surface area contributed by atoms with Gasteiger partial charge in [0.05, 0.1) is 25.4 Å². The summed E-state index contributed by atoms with van der Waals surface area (Å²) in [5.41, 5.74) is 1.82.